The number of H-pyrrole nitrogens is 1. The number of aromatic amines is 1. The maximum atomic E-state index is 13.8. The van der Waals surface area contributed by atoms with Gasteiger partial charge in [-0.2, -0.15) is 0 Å². The predicted molar refractivity (Wildman–Crippen MR) is 85.2 cm³/mol. The summed E-state index contributed by atoms with van der Waals surface area (Å²) in [5.74, 6) is 0.194. The molecular formula is C17H25FN2O. The molecule has 2 rings (SSSR count). The summed E-state index contributed by atoms with van der Waals surface area (Å²) < 4.78 is 13.8. The maximum Gasteiger partial charge on any atom is 0.150 e. The van der Waals surface area contributed by atoms with Gasteiger partial charge in [0, 0.05) is 36.8 Å². The minimum Gasteiger partial charge on any atom is -0.508 e. The van der Waals surface area contributed by atoms with Crippen LogP contribution in [0.5, 0.6) is 5.75 Å². The zero-order chi connectivity index (χ0) is 15.6. The van der Waals surface area contributed by atoms with Gasteiger partial charge < -0.3 is 15.0 Å². The molecule has 2 aromatic rings. The number of phenolic OH excluding ortho intramolecular Hbond substituents is 1. The molecule has 0 aliphatic carbocycles. The van der Waals surface area contributed by atoms with Crippen LogP contribution in [0.4, 0.5) is 4.39 Å². The van der Waals surface area contributed by atoms with E-state index >= 15 is 0 Å². The van der Waals surface area contributed by atoms with Crippen molar-refractivity contribution >= 4 is 10.9 Å². The van der Waals surface area contributed by atoms with Crippen LogP contribution < -0.4 is 0 Å². The van der Waals surface area contributed by atoms with Crippen molar-refractivity contribution in [1.29, 1.82) is 0 Å². The molecule has 0 saturated carbocycles. The first-order chi connectivity index (χ1) is 9.88. The molecule has 3 nitrogen and oxygen atoms in total. The molecule has 0 saturated heterocycles. The molecule has 0 radical (unpaired) electrons. The van der Waals surface area contributed by atoms with Crippen molar-refractivity contribution in [1.82, 2.24) is 9.88 Å². The molecule has 0 atom stereocenters. The standard InChI is InChI=1S/C17H25FN2O/c1-11(2)10-20(12(3)4)6-5-13-9-19-17-15(13)7-14(21)8-16(17)18/h7-9,11-12,19,21H,5-6,10H2,1-4H3. The van der Waals surface area contributed by atoms with E-state index in [0.29, 0.717) is 17.5 Å². The van der Waals surface area contributed by atoms with E-state index in [1.54, 1.807) is 6.07 Å². The first-order valence-electron chi connectivity index (χ1n) is 7.61. The molecule has 1 heterocycles. The van der Waals surface area contributed by atoms with Gasteiger partial charge in [0.1, 0.15) is 5.75 Å². The Morgan fingerprint density at radius 3 is 2.57 bits per heavy atom. The van der Waals surface area contributed by atoms with E-state index in [2.05, 4.69) is 37.6 Å². The SMILES string of the molecule is CC(C)CN(CCc1c[nH]c2c(F)cc(O)cc12)C(C)C. The van der Waals surface area contributed by atoms with E-state index < -0.39 is 5.82 Å². The number of fused-ring (bicyclic) bond motifs is 1. The number of hydrogen-bond donors (Lipinski definition) is 2. The van der Waals surface area contributed by atoms with Crippen molar-refractivity contribution in [3.8, 4) is 5.75 Å². The summed E-state index contributed by atoms with van der Waals surface area (Å²) in [4.78, 5) is 5.41. The molecule has 21 heavy (non-hydrogen) atoms. The number of rotatable bonds is 6. The van der Waals surface area contributed by atoms with E-state index in [1.165, 1.54) is 0 Å². The predicted octanol–water partition coefficient (Wildman–Crippen LogP) is 3.92. The summed E-state index contributed by atoms with van der Waals surface area (Å²) >= 11 is 0. The molecule has 2 N–H and O–H groups in total. The Morgan fingerprint density at radius 2 is 1.95 bits per heavy atom. The lowest BCUT2D eigenvalue weighted by atomic mass is 10.1. The summed E-state index contributed by atoms with van der Waals surface area (Å²) in [5.41, 5.74) is 1.52. The Balaban J connectivity index is 2.16. The zero-order valence-electron chi connectivity index (χ0n) is 13.3. The molecule has 1 aromatic heterocycles. The number of aromatic hydroxyl groups is 1. The summed E-state index contributed by atoms with van der Waals surface area (Å²) in [6.45, 7) is 10.8. The van der Waals surface area contributed by atoms with Crippen molar-refractivity contribution < 1.29 is 9.50 Å². The Bertz CT molecular complexity index is 604. The fraction of sp³-hybridized carbons (Fsp3) is 0.529. The second kappa shape index (κ2) is 6.48. The molecule has 4 heteroatoms. The van der Waals surface area contributed by atoms with Crippen LogP contribution in [0.2, 0.25) is 0 Å². The van der Waals surface area contributed by atoms with Gasteiger partial charge in [-0.1, -0.05) is 13.8 Å². The first kappa shape index (κ1) is 15.8. The lowest BCUT2D eigenvalue weighted by Gasteiger charge is -2.28. The number of phenols is 1. The highest BCUT2D eigenvalue weighted by Crippen LogP contribution is 2.26. The zero-order valence-corrected chi connectivity index (χ0v) is 13.3. The number of halogens is 1. The molecule has 0 spiro atoms. The van der Waals surface area contributed by atoms with Gasteiger partial charge in [-0.3, -0.25) is 0 Å². The van der Waals surface area contributed by atoms with Crippen LogP contribution in [0, 0.1) is 11.7 Å². The molecule has 0 bridgehead atoms. The van der Waals surface area contributed by atoms with Crippen LogP contribution in [0.1, 0.15) is 33.3 Å². The molecule has 0 unspecified atom stereocenters. The fourth-order valence-corrected chi connectivity index (χ4v) is 2.73. The molecule has 0 fully saturated rings. The van der Waals surface area contributed by atoms with Gasteiger partial charge in [0.25, 0.3) is 0 Å². The largest absolute Gasteiger partial charge is 0.508 e. The molecular weight excluding hydrogens is 267 g/mol. The minimum absolute atomic E-state index is 0.0243. The minimum atomic E-state index is -0.404. The van der Waals surface area contributed by atoms with Crippen molar-refractivity contribution in [3.05, 3.63) is 29.7 Å². The highest BCUT2D eigenvalue weighted by Gasteiger charge is 2.14. The fourth-order valence-electron chi connectivity index (χ4n) is 2.73. The number of benzene rings is 1. The van der Waals surface area contributed by atoms with Crippen LogP contribution in [0.25, 0.3) is 10.9 Å². The highest BCUT2D eigenvalue weighted by atomic mass is 19.1. The van der Waals surface area contributed by atoms with Gasteiger partial charge in [-0.25, -0.2) is 4.39 Å². The van der Waals surface area contributed by atoms with Crippen LogP contribution in [-0.4, -0.2) is 34.1 Å². The third kappa shape index (κ3) is 3.76. The van der Waals surface area contributed by atoms with Crippen LogP contribution in [0.15, 0.2) is 18.3 Å². The Hall–Kier alpha value is -1.55. The van der Waals surface area contributed by atoms with Crippen molar-refractivity contribution in [2.24, 2.45) is 5.92 Å². The van der Waals surface area contributed by atoms with Gasteiger partial charge in [-0.05, 0) is 37.8 Å². The molecule has 0 aliphatic rings. The monoisotopic (exact) mass is 292 g/mol. The van der Waals surface area contributed by atoms with Gasteiger partial charge in [0.2, 0.25) is 0 Å². The summed E-state index contributed by atoms with van der Waals surface area (Å²) in [6, 6.07) is 3.26. The van der Waals surface area contributed by atoms with E-state index in [0.717, 1.165) is 36.5 Å². The summed E-state index contributed by atoms with van der Waals surface area (Å²) in [5, 5.41) is 10.4. The Labute approximate surface area is 125 Å². The molecule has 0 amide bonds. The number of nitrogens with zero attached hydrogens (tertiary/aromatic N) is 1. The average molecular weight is 292 g/mol. The quantitative estimate of drug-likeness (QED) is 0.847. The van der Waals surface area contributed by atoms with E-state index in [1.807, 2.05) is 6.20 Å². The third-order valence-electron chi connectivity index (χ3n) is 3.81. The third-order valence-corrected chi connectivity index (χ3v) is 3.81. The number of nitrogens with one attached hydrogen (secondary N) is 1. The van der Waals surface area contributed by atoms with Crippen LogP contribution in [0.3, 0.4) is 0 Å². The average Bonchev–Trinajstić information content (AvgIpc) is 2.77. The lowest BCUT2D eigenvalue weighted by molar-refractivity contribution is 0.200. The van der Waals surface area contributed by atoms with Crippen molar-refractivity contribution in [2.45, 2.75) is 40.2 Å². The second-order valence-corrected chi connectivity index (χ2v) is 6.40. The summed E-state index contributed by atoms with van der Waals surface area (Å²) in [6.07, 6.45) is 2.69. The van der Waals surface area contributed by atoms with Crippen LogP contribution >= 0.6 is 0 Å². The smallest absolute Gasteiger partial charge is 0.150 e. The normalized spacial score (nSPS) is 12.2. The molecule has 0 aliphatic heterocycles. The van der Waals surface area contributed by atoms with E-state index in [4.69, 9.17) is 0 Å². The maximum absolute atomic E-state index is 13.8. The van der Waals surface area contributed by atoms with Crippen molar-refractivity contribution in [2.75, 3.05) is 13.1 Å². The van der Waals surface area contributed by atoms with Gasteiger partial charge in [0.05, 0.1) is 5.52 Å². The Kier molecular flexibility index (Phi) is 4.88. The van der Waals surface area contributed by atoms with Crippen molar-refractivity contribution in [3.63, 3.8) is 0 Å². The van der Waals surface area contributed by atoms with Gasteiger partial charge in [-0.15, -0.1) is 0 Å². The van der Waals surface area contributed by atoms with Gasteiger partial charge >= 0.3 is 0 Å². The lowest BCUT2D eigenvalue weighted by Crippen LogP contribution is -2.35. The Morgan fingerprint density at radius 1 is 1.24 bits per heavy atom. The van der Waals surface area contributed by atoms with E-state index in [9.17, 15) is 9.50 Å². The van der Waals surface area contributed by atoms with Gasteiger partial charge in [0.15, 0.2) is 5.82 Å². The topological polar surface area (TPSA) is 39.3 Å². The molecule has 1 aromatic carbocycles. The first-order valence-corrected chi connectivity index (χ1v) is 7.61. The molecule has 116 valence electrons. The number of hydrogen-bond acceptors (Lipinski definition) is 2. The van der Waals surface area contributed by atoms with E-state index in [-0.39, 0.29) is 5.75 Å². The van der Waals surface area contributed by atoms with Crippen LogP contribution in [-0.2, 0) is 6.42 Å². The number of aromatic nitrogens is 1. The highest BCUT2D eigenvalue weighted by molar-refractivity contribution is 5.85. The summed E-state index contributed by atoms with van der Waals surface area (Å²) in [7, 11) is 0. The second-order valence-electron chi connectivity index (χ2n) is 6.40.